The highest BCUT2D eigenvalue weighted by atomic mass is 127. The number of anilines is 1. The molecular formula is C10H10I2N6O. The van der Waals surface area contributed by atoms with E-state index in [0.717, 1.165) is 18.5 Å². The third kappa shape index (κ3) is 3.46. The number of nitrogen functional groups attached to an aromatic ring is 1. The van der Waals surface area contributed by atoms with Crippen molar-refractivity contribution in [3.8, 4) is 5.75 Å². The van der Waals surface area contributed by atoms with Gasteiger partial charge >= 0.3 is 0 Å². The smallest absolute Gasteiger partial charge is 0.263 e. The van der Waals surface area contributed by atoms with Gasteiger partial charge in [0.25, 0.3) is 5.95 Å². The minimum Gasteiger partial charge on any atom is -0.495 e. The fraction of sp³-hybridized carbons (Fsp3) is 0.100. The monoisotopic (exact) mass is 484 g/mol. The number of aromatic nitrogens is 3. The third-order valence-electron chi connectivity index (χ3n) is 2.18. The average Bonchev–Trinajstić information content (AvgIpc) is 2.75. The Labute approximate surface area is 136 Å². The molecule has 1 heterocycles. The highest BCUT2D eigenvalue weighted by molar-refractivity contribution is 14.1. The Morgan fingerprint density at radius 3 is 2.89 bits per heavy atom. The third-order valence-corrected chi connectivity index (χ3v) is 3.61. The molecule has 0 aliphatic heterocycles. The van der Waals surface area contributed by atoms with E-state index in [1.165, 1.54) is 11.0 Å². The largest absolute Gasteiger partial charge is 0.495 e. The topological polar surface area (TPSA) is 90.3 Å². The van der Waals surface area contributed by atoms with E-state index in [2.05, 4.69) is 65.9 Å². The van der Waals surface area contributed by atoms with Gasteiger partial charge in [0.1, 0.15) is 12.1 Å². The molecule has 0 saturated carbocycles. The van der Waals surface area contributed by atoms with Crippen LogP contribution >= 0.6 is 45.2 Å². The van der Waals surface area contributed by atoms with Crippen LogP contribution in [0.3, 0.4) is 0 Å². The molecule has 0 aliphatic carbocycles. The standard InChI is InChI=1S/C10H10I2N6O/c1-19-9-6(2-7(11)3-8(9)12)4-14-16-10-17-15-5-18(10)13/h2-5H,13H2,1H3,(H,16,17)/b14-4+. The quantitative estimate of drug-likeness (QED) is 0.299. The summed E-state index contributed by atoms with van der Waals surface area (Å²) in [6, 6.07) is 4.00. The van der Waals surface area contributed by atoms with Crippen molar-refractivity contribution in [3.63, 3.8) is 0 Å². The van der Waals surface area contributed by atoms with Crippen molar-refractivity contribution >= 4 is 57.3 Å². The number of nitrogens with one attached hydrogen (secondary N) is 1. The van der Waals surface area contributed by atoms with Crippen molar-refractivity contribution in [2.45, 2.75) is 0 Å². The highest BCUT2D eigenvalue weighted by Crippen LogP contribution is 2.26. The minimum absolute atomic E-state index is 0.357. The van der Waals surface area contributed by atoms with Gasteiger partial charge in [0.2, 0.25) is 0 Å². The Balaban J connectivity index is 2.21. The zero-order chi connectivity index (χ0) is 13.8. The van der Waals surface area contributed by atoms with E-state index in [-0.39, 0.29) is 0 Å². The molecule has 1 aromatic heterocycles. The summed E-state index contributed by atoms with van der Waals surface area (Å²) in [6.45, 7) is 0. The summed E-state index contributed by atoms with van der Waals surface area (Å²) in [5.41, 5.74) is 3.57. The Hall–Kier alpha value is -1.11. The van der Waals surface area contributed by atoms with Gasteiger partial charge in [-0.1, -0.05) is 0 Å². The van der Waals surface area contributed by atoms with Gasteiger partial charge in [-0.05, 0) is 57.3 Å². The van der Waals surface area contributed by atoms with Gasteiger partial charge < -0.3 is 10.6 Å². The number of nitrogens with two attached hydrogens (primary N) is 1. The van der Waals surface area contributed by atoms with Crippen LogP contribution < -0.4 is 16.0 Å². The number of hydrogen-bond acceptors (Lipinski definition) is 6. The van der Waals surface area contributed by atoms with Gasteiger partial charge in [-0.15, -0.1) is 10.2 Å². The molecule has 100 valence electrons. The van der Waals surface area contributed by atoms with Crippen LogP contribution in [-0.4, -0.2) is 28.2 Å². The summed E-state index contributed by atoms with van der Waals surface area (Å²) in [5.74, 6) is 6.69. The van der Waals surface area contributed by atoms with E-state index in [0.29, 0.717) is 5.95 Å². The van der Waals surface area contributed by atoms with Crippen molar-refractivity contribution < 1.29 is 4.74 Å². The Kier molecular flexibility index (Phi) is 4.79. The molecule has 0 fully saturated rings. The van der Waals surface area contributed by atoms with Crippen LogP contribution in [0.1, 0.15) is 5.56 Å². The van der Waals surface area contributed by atoms with Gasteiger partial charge in [0.05, 0.1) is 16.9 Å². The first-order valence-electron chi connectivity index (χ1n) is 5.09. The van der Waals surface area contributed by atoms with Crippen LogP contribution in [0.2, 0.25) is 0 Å². The van der Waals surface area contributed by atoms with Gasteiger partial charge in [-0.3, -0.25) is 0 Å². The van der Waals surface area contributed by atoms with Crippen LogP contribution in [-0.2, 0) is 0 Å². The van der Waals surface area contributed by atoms with Gasteiger partial charge in [-0.2, -0.15) is 5.10 Å². The van der Waals surface area contributed by atoms with E-state index >= 15 is 0 Å². The number of methoxy groups -OCH3 is 1. The number of rotatable bonds is 4. The molecule has 9 heteroatoms. The molecule has 2 aromatic rings. The fourth-order valence-corrected chi connectivity index (χ4v) is 3.48. The van der Waals surface area contributed by atoms with Crippen LogP contribution in [0.25, 0.3) is 0 Å². The summed E-state index contributed by atoms with van der Waals surface area (Å²) >= 11 is 4.46. The lowest BCUT2D eigenvalue weighted by atomic mass is 10.2. The second-order valence-electron chi connectivity index (χ2n) is 3.44. The normalized spacial score (nSPS) is 10.9. The zero-order valence-electron chi connectivity index (χ0n) is 9.84. The Morgan fingerprint density at radius 1 is 1.47 bits per heavy atom. The van der Waals surface area contributed by atoms with Crippen LogP contribution in [0.4, 0.5) is 5.95 Å². The SMILES string of the molecule is COc1c(I)cc(I)cc1/C=N/Nc1nncn1N. The molecule has 0 amide bonds. The minimum atomic E-state index is 0.357. The molecule has 19 heavy (non-hydrogen) atoms. The van der Waals surface area contributed by atoms with Crippen molar-refractivity contribution in [2.75, 3.05) is 18.4 Å². The summed E-state index contributed by atoms with van der Waals surface area (Å²) in [7, 11) is 1.63. The predicted octanol–water partition coefficient (Wildman–Crippen LogP) is 1.66. The lowest BCUT2D eigenvalue weighted by Gasteiger charge is -2.07. The zero-order valence-corrected chi connectivity index (χ0v) is 14.2. The second kappa shape index (κ2) is 6.36. The maximum atomic E-state index is 5.55. The summed E-state index contributed by atoms with van der Waals surface area (Å²) < 4.78 is 8.72. The van der Waals surface area contributed by atoms with E-state index < -0.39 is 0 Å². The summed E-state index contributed by atoms with van der Waals surface area (Å²) in [5, 5.41) is 11.5. The van der Waals surface area contributed by atoms with Crippen LogP contribution in [0, 0.1) is 7.14 Å². The molecule has 1 aromatic carbocycles. The average molecular weight is 484 g/mol. The second-order valence-corrected chi connectivity index (χ2v) is 5.85. The number of hydrogen-bond donors (Lipinski definition) is 2. The number of nitrogens with zero attached hydrogens (tertiary/aromatic N) is 4. The Morgan fingerprint density at radius 2 is 2.26 bits per heavy atom. The summed E-state index contributed by atoms with van der Waals surface area (Å²) in [6.07, 6.45) is 3.03. The summed E-state index contributed by atoms with van der Waals surface area (Å²) in [4.78, 5) is 0. The molecule has 0 bridgehead atoms. The molecule has 0 radical (unpaired) electrons. The van der Waals surface area contributed by atoms with E-state index in [1.807, 2.05) is 12.1 Å². The molecule has 2 rings (SSSR count). The molecule has 0 spiro atoms. The van der Waals surface area contributed by atoms with E-state index in [1.54, 1.807) is 13.3 Å². The highest BCUT2D eigenvalue weighted by Gasteiger charge is 2.07. The molecule has 7 nitrogen and oxygen atoms in total. The lowest BCUT2D eigenvalue weighted by Crippen LogP contribution is -2.10. The molecule has 0 unspecified atom stereocenters. The predicted molar refractivity (Wildman–Crippen MR) is 89.8 cm³/mol. The van der Waals surface area contributed by atoms with Crippen LogP contribution in [0.5, 0.6) is 5.75 Å². The molecule has 0 saturated heterocycles. The maximum absolute atomic E-state index is 5.55. The van der Waals surface area contributed by atoms with Crippen molar-refractivity contribution in [1.29, 1.82) is 0 Å². The Bertz CT molecular complexity index is 612. The molecular weight excluding hydrogens is 474 g/mol. The number of ether oxygens (including phenoxy) is 1. The van der Waals surface area contributed by atoms with Gasteiger partial charge in [0, 0.05) is 9.13 Å². The van der Waals surface area contributed by atoms with E-state index in [4.69, 9.17) is 10.6 Å². The first kappa shape index (κ1) is 14.3. The van der Waals surface area contributed by atoms with Crippen molar-refractivity contribution in [2.24, 2.45) is 5.10 Å². The van der Waals surface area contributed by atoms with E-state index in [9.17, 15) is 0 Å². The molecule has 0 aliphatic rings. The first-order chi connectivity index (χ1) is 9.11. The van der Waals surface area contributed by atoms with Crippen LogP contribution in [0.15, 0.2) is 23.6 Å². The van der Waals surface area contributed by atoms with Gasteiger partial charge in [0.15, 0.2) is 0 Å². The maximum Gasteiger partial charge on any atom is 0.263 e. The lowest BCUT2D eigenvalue weighted by molar-refractivity contribution is 0.411. The van der Waals surface area contributed by atoms with Gasteiger partial charge in [-0.25, -0.2) is 10.1 Å². The molecule has 3 N–H and O–H groups in total. The van der Waals surface area contributed by atoms with Crippen molar-refractivity contribution in [3.05, 3.63) is 31.2 Å². The molecule has 0 atom stereocenters. The fourth-order valence-electron chi connectivity index (χ4n) is 1.37. The number of halogens is 2. The first-order valence-corrected chi connectivity index (χ1v) is 7.24. The number of hydrazone groups is 1. The van der Waals surface area contributed by atoms with Crippen molar-refractivity contribution in [1.82, 2.24) is 14.9 Å². The number of benzene rings is 1.